The first-order chi connectivity index (χ1) is 8.11. The van der Waals surface area contributed by atoms with E-state index in [0.717, 1.165) is 10.6 Å². The van der Waals surface area contributed by atoms with Crippen molar-refractivity contribution in [1.82, 2.24) is 9.55 Å². The fourth-order valence-electron chi connectivity index (χ4n) is 1.44. The third-order valence-corrected chi connectivity index (χ3v) is 2.18. The van der Waals surface area contributed by atoms with Crippen LogP contribution in [0.2, 0.25) is 0 Å². The van der Waals surface area contributed by atoms with Gasteiger partial charge < -0.3 is 5.73 Å². The Hall–Kier alpha value is -2.70. The molecule has 0 aliphatic heterocycles. The van der Waals surface area contributed by atoms with Gasteiger partial charge in [0.1, 0.15) is 11.5 Å². The van der Waals surface area contributed by atoms with Crippen LogP contribution in [0.1, 0.15) is 0 Å². The zero-order valence-corrected chi connectivity index (χ0v) is 8.58. The summed E-state index contributed by atoms with van der Waals surface area (Å²) in [5.41, 5.74) is 5.07. The molecule has 0 aliphatic carbocycles. The van der Waals surface area contributed by atoms with Crippen LogP contribution >= 0.6 is 0 Å². The van der Waals surface area contributed by atoms with Crippen LogP contribution in [0.25, 0.3) is 5.69 Å². The number of aromatic amines is 1. The molecule has 0 unspecified atom stereocenters. The summed E-state index contributed by atoms with van der Waals surface area (Å²) in [5.74, 6) is 0.0190. The summed E-state index contributed by atoms with van der Waals surface area (Å²) in [6.45, 7) is 0. The molecule has 0 bridgehead atoms. The van der Waals surface area contributed by atoms with E-state index < -0.39 is 11.2 Å². The number of H-pyrrole nitrogens is 1. The molecule has 0 amide bonds. The molecule has 1 aromatic carbocycles. The van der Waals surface area contributed by atoms with Gasteiger partial charge in [-0.1, -0.05) is 0 Å². The lowest BCUT2D eigenvalue weighted by Crippen LogP contribution is -2.30. The van der Waals surface area contributed by atoms with Crippen LogP contribution in [-0.2, 0) is 0 Å². The third kappa shape index (κ3) is 1.98. The number of anilines is 1. The number of aromatic nitrogens is 2. The van der Waals surface area contributed by atoms with E-state index in [1.165, 1.54) is 24.3 Å². The lowest BCUT2D eigenvalue weighted by molar-refractivity contribution is 0.909. The van der Waals surface area contributed by atoms with Gasteiger partial charge in [-0.2, -0.15) is 0 Å². The molecule has 17 heavy (non-hydrogen) atoms. The quantitative estimate of drug-likeness (QED) is 0.734. The summed E-state index contributed by atoms with van der Waals surface area (Å²) < 4.78 is 1.12. The van der Waals surface area contributed by atoms with Crippen molar-refractivity contribution in [2.24, 2.45) is 5.18 Å². The van der Waals surface area contributed by atoms with E-state index in [4.69, 9.17) is 5.73 Å². The molecular formula is C10H8N4O3. The van der Waals surface area contributed by atoms with Gasteiger partial charge in [-0.3, -0.25) is 9.78 Å². The lowest BCUT2D eigenvalue weighted by Gasteiger charge is -2.07. The summed E-state index contributed by atoms with van der Waals surface area (Å²) in [4.78, 5) is 34.9. The summed E-state index contributed by atoms with van der Waals surface area (Å²) in [5, 5.41) is 2.74. The maximum Gasteiger partial charge on any atom is 0.334 e. The van der Waals surface area contributed by atoms with E-state index in [1.54, 1.807) is 0 Å². The molecule has 7 nitrogen and oxygen atoms in total. The average Bonchev–Trinajstić information content (AvgIpc) is 2.28. The van der Waals surface area contributed by atoms with Gasteiger partial charge in [-0.25, -0.2) is 9.36 Å². The van der Waals surface area contributed by atoms with Crippen molar-refractivity contribution >= 4 is 11.5 Å². The Balaban J connectivity index is 2.64. The highest BCUT2D eigenvalue weighted by atomic mass is 16.3. The number of rotatable bonds is 2. The first-order valence-corrected chi connectivity index (χ1v) is 4.67. The second-order valence-corrected chi connectivity index (χ2v) is 3.31. The predicted molar refractivity (Wildman–Crippen MR) is 62.5 cm³/mol. The number of benzene rings is 1. The van der Waals surface area contributed by atoms with E-state index in [9.17, 15) is 14.5 Å². The summed E-state index contributed by atoms with van der Waals surface area (Å²) in [6, 6.07) is 7.01. The van der Waals surface area contributed by atoms with Crippen LogP contribution in [0.15, 0.2) is 45.1 Å². The normalized spacial score (nSPS) is 10.1. The Kier molecular flexibility index (Phi) is 2.57. The minimum atomic E-state index is -0.637. The Morgan fingerprint density at radius 3 is 2.35 bits per heavy atom. The highest BCUT2D eigenvalue weighted by Crippen LogP contribution is 2.15. The maximum atomic E-state index is 11.6. The molecule has 2 rings (SSSR count). The summed E-state index contributed by atoms with van der Waals surface area (Å²) >= 11 is 0. The highest BCUT2D eigenvalue weighted by Gasteiger charge is 2.05. The Morgan fingerprint density at radius 2 is 1.82 bits per heavy atom. The molecule has 0 saturated carbocycles. The summed E-state index contributed by atoms with van der Waals surface area (Å²) in [6.07, 6.45) is 0. The van der Waals surface area contributed by atoms with Gasteiger partial charge in [0.2, 0.25) is 0 Å². The Morgan fingerprint density at radius 1 is 1.18 bits per heavy atom. The second-order valence-electron chi connectivity index (χ2n) is 3.31. The molecule has 0 fully saturated rings. The fourth-order valence-corrected chi connectivity index (χ4v) is 1.44. The van der Waals surface area contributed by atoms with E-state index in [-0.39, 0.29) is 11.5 Å². The number of nitroso groups, excluding NO2 is 1. The zero-order chi connectivity index (χ0) is 12.4. The molecule has 1 aromatic heterocycles. The van der Waals surface area contributed by atoms with Gasteiger partial charge in [0.15, 0.2) is 0 Å². The minimum Gasteiger partial charge on any atom is -0.385 e. The second kappa shape index (κ2) is 4.05. The van der Waals surface area contributed by atoms with Crippen molar-refractivity contribution in [2.45, 2.75) is 0 Å². The standard InChI is InChI=1S/C10H8N4O3/c11-8-5-9(15)12-10(16)14(8)7-3-1-6(13-17)2-4-7/h1-5H,11H2,(H,12,15,16). The molecule has 0 saturated heterocycles. The number of nitrogen functional groups attached to an aromatic ring is 1. The Bertz CT molecular complexity index is 669. The van der Waals surface area contributed by atoms with E-state index in [2.05, 4.69) is 10.2 Å². The third-order valence-electron chi connectivity index (χ3n) is 2.18. The predicted octanol–water partition coefficient (Wildman–Crippen LogP) is 0.506. The average molecular weight is 232 g/mol. The van der Waals surface area contributed by atoms with Gasteiger partial charge in [-0.15, -0.1) is 4.91 Å². The highest BCUT2D eigenvalue weighted by molar-refractivity contribution is 5.47. The fraction of sp³-hybridized carbons (Fsp3) is 0. The first-order valence-electron chi connectivity index (χ1n) is 4.67. The molecule has 7 heteroatoms. The van der Waals surface area contributed by atoms with Gasteiger partial charge in [0.05, 0.1) is 5.69 Å². The minimum absolute atomic E-state index is 0.0190. The summed E-state index contributed by atoms with van der Waals surface area (Å²) in [7, 11) is 0. The van der Waals surface area contributed by atoms with Crippen molar-refractivity contribution in [3.63, 3.8) is 0 Å². The van der Waals surface area contributed by atoms with Crippen molar-refractivity contribution in [1.29, 1.82) is 0 Å². The topological polar surface area (TPSA) is 110 Å². The molecule has 86 valence electrons. The Labute approximate surface area is 94.5 Å². The lowest BCUT2D eigenvalue weighted by atomic mass is 10.3. The van der Waals surface area contributed by atoms with Crippen LogP contribution in [0.4, 0.5) is 11.5 Å². The SMILES string of the molecule is Nc1cc(=O)[nH]c(=O)n1-c1ccc(N=O)cc1. The van der Waals surface area contributed by atoms with Crippen molar-refractivity contribution in [2.75, 3.05) is 5.73 Å². The largest absolute Gasteiger partial charge is 0.385 e. The molecule has 0 spiro atoms. The number of hydrogen-bond donors (Lipinski definition) is 2. The van der Waals surface area contributed by atoms with Crippen LogP contribution in [-0.4, -0.2) is 9.55 Å². The molecule has 0 radical (unpaired) electrons. The van der Waals surface area contributed by atoms with E-state index in [1.807, 2.05) is 0 Å². The molecule has 0 atom stereocenters. The van der Waals surface area contributed by atoms with Gasteiger partial charge in [0, 0.05) is 6.07 Å². The van der Waals surface area contributed by atoms with Crippen LogP contribution in [0.3, 0.4) is 0 Å². The smallest absolute Gasteiger partial charge is 0.334 e. The van der Waals surface area contributed by atoms with Gasteiger partial charge in [-0.05, 0) is 29.4 Å². The van der Waals surface area contributed by atoms with Crippen molar-refractivity contribution < 1.29 is 0 Å². The molecule has 0 aliphatic rings. The molecular weight excluding hydrogens is 224 g/mol. The molecule has 1 heterocycles. The number of hydrogen-bond acceptors (Lipinski definition) is 5. The first kappa shape index (κ1) is 10.8. The van der Waals surface area contributed by atoms with Crippen LogP contribution in [0, 0.1) is 4.91 Å². The zero-order valence-electron chi connectivity index (χ0n) is 8.58. The van der Waals surface area contributed by atoms with Crippen LogP contribution in [0.5, 0.6) is 0 Å². The van der Waals surface area contributed by atoms with Crippen molar-refractivity contribution in [3.8, 4) is 5.69 Å². The monoisotopic (exact) mass is 232 g/mol. The van der Waals surface area contributed by atoms with Gasteiger partial charge in [0.25, 0.3) is 5.56 Å². The van der Waals surface area contributed by atoms with Crippen LogP contribution < -0.4 is 17.0 Å². The number of nitrogens with one attached hydrogen (secondary N) is 1. The number of nitrogens with two attached hydrogens (primary N) is 1. The number of nitrogens with zero attached hydrogens (tertiary/aromatic N) is 2. The van der Waals surface area contributed by atoms with Crippen molar-refractivity contribution in [3.05, 3.63) is 56.1 Å². The van der Waals surface area contributed by atoms with Gasteiger partial charge >= 0.3 is 5.69 Å². The molecule has 2 aromatic rings. The molecule has 3 N–H and O–H groups in total. The van der Waals surface area contributed by atoms with E-state index >= 15 is 0 Å². The maximum absolute atomic E-state index is 11.6. The van der Waals surface area contributed by atoms with E-state index in [0.29, 0.717) is 5.69 Å².